The van der Waals surface area contributed by atoms with Crippen LogP contribution < -0.4 is 15.5 Å². The van der Waals surface area contributed by atoms with Crippen molar-refractivity contribution in [3.05, 3.63) is 106 Å². The number of methoxy groups -OCH3 is 1. The maximum absolute atomic E-state index is 12.8. The van der Waals surface area contributed by atoms with E-state index in [2.05, 4.69) is 15.3 Å². The Bertz CT molecular complexity index is 1310. The normalized spacial score (nSPS) is 14.9. The lowest BCUT2D eigenvalue weighted by Crippen LogP contribution is -2.25. The number of aromatic amines is 1. The molecule has 1 atom stereocenters. The van der Waals surface area contributed by atoms with Crippen LogP contribution in [-0.4, -0.2) is 23.2 Å². The molecular weight excluding hydrogens is 418 g/mol. The molecule has 2 aromatic carbocycles. The molecular formula is C26H23N3O4. The first kappa shape index (κ1) is 20.8. The lowest BCUT2D eigenvalue weighted by molar-refractivity contribution is 0.146. The number of pyridine rings is 1. The molecule has 2 aromatic heterocycles. The van der Waals surface area contributed by atoms with E-state index in [0.29, 0.717) is 30.1 Å². The lowest BCUT2D eigenvalue weighted by atomic mass is 9.92. The third-order valence-electron chi connectivity index (χ3n) is 5.57. The number of aromatic nitrogens is 2. The topological polar surface area (TPSA) is 89.4 Å². The van der Waals surface area contributed by atoms with Crippen LogP contribution in [-0.2, 0) is 17.7 Å². The SMILES string of the molecule is COC1Cc2[nH]c(NCc3ccc(Oc4ccccc4)cc3)cc(=O)c2C=C1c1cnco1. The second kappa shape index (κ2) is 9.18. The van der Waals surface area contributed by atoms with E-state index in [0.717, 1.165) is 28.3 Å². The van der Waals surface area contributed by atoms with E-state index in [-0.39, 0.29) is 11.5 Å². The molecule has 7 nitrogen and oxygen atoms in total. The highest BCUT2D eigenvalue weighted by molar-refractivity contribution is 5.84. The summed E-state index contributed by atoms with van der Waals surface area (Å²) in [5, 5.41) is 3.31. The number of nitrogens with one attached hydrogen (secondary N) is 2. The average molecular weight is 441 g/mol. The van der Waals surface area contributed by atoms with Crippen molar-refractivity contribution in [3.63, 3.8) is 0 Å². The molecule has 1 unspecified atom stereocenters. The highest BCUT2D eigenvalue weighted by atomic mass is 16.5. The summed E-state index contributed by atoms with van der Waals surface area (Å²) in [6.45, 7) is 0.563. The highest BCUT2D eigenvalue weighted by Gasteiger charge is 2.26. The van der Waals surface area contributed by atoms with E-state index < -0.39 is 0 Å². The van der Waals surface area contributed by atoms with E-state index in [1.807, 2.05) is 60.7 Å². The van der Waals surface area contributed by atoms with Gasteiger partial charge in [0.25, 0.3) is 0 Å². The largest absolute Gasteiger partial charge is 0.457 e. The molecule has 4 aromatic rings. The minimum atomic E-state index is -0.228. The molecule has 7 heteroatoms. The van der Waals surface area contributed by atoms with Gasteiger partial charge in [-0.15, -0.1) is 0 Å². The minimum absolute atomic E-state index is 0.0653. The number of nitrogens with zero attached hydrogens (tertiary/aromatic N) is 1. The Morgan fingerprint density at radius 1 is 1.12 bits per heavy atom. The van der Waals surface area contributed by atoms with Gasteiger partial charge in [-0.2, -0.15) is 0 Å². The molecule has 0 spiro atoms. The van der Waals surface area contributed by atoms with Crippen LogP contribution >= 0.6 is 0 Å². The van der Waals surface area contributed by atoms with Gasteiger partial charge < -0.3 is 24.2 Å². The molecule has 2 N–H and O–H groups in total. The Kier molecular flexibility index (Phi) is 5.78. The fourth-order valence-corrected chi connectivity index (χ4v) is 3.88. The van der Waals surface area contributed by atoms with Crippen molar-refractivity contribution in [2.24, 2.45) is 0 Å². The molecule has 1 aliphatic carbocycles. The molecule has 0 aliphatic heterocycles. The van der Waals surface area contributed by atoms with Crippen molar-refractivity contribution >= 4 is 17.5 Å². The standard InChI is InChI=1S/C26H23N3O4/c1-31-24-12-22-20(11-21(24)25-15-27-16-32-25)23(30)13-26(29-22)28-14-17-7-9-19(10-8-17)33-18-5-3-2-4-6-18/h2-11,13,15-16,24H,12,14H2,1H3,(H2,28,29,30). The number of hydrogen-bond donors (Lipinski definition) is 2. The molecule has 0 saturated heterocycles. The summed E-state index contributed by atoms with van der Waals surface area (Å²) in [4.78, 5) is 20.1. The predicted octanol–water partition coefficient (Wildman–Crippen LogP) is 4.88. The van der Waals surface area contributed by atoms with Crippen LogP contribution in [0.5, 0.6) is 11.5 Å². The van der Waals surface area contributed by atoms with Crippen molar-refractivity contribution in [2.75, 3.05) is 12.4 Å². The number of oxazole rings is 1. The van der Waals surface area contributed by atoms with E-state index in [9.17, 15) is 4.79 Å². The number of H-pyrrole nitrogens is 1. The molecule has 2 heterocycles. The summed E-state index contributed by atoms with van der Waals surface area (Å²) < 4.78 is 16.9. The summed E-state index contributed by atoms with van der Waals surface area (Å²) in [5.41, 5.74) is 3.25. The summed E-state index contributed by atoms with van der Waals surface area (Å²) in [6.07, 6.45) is 5.13. The second-order valence-corrected chi connectivity index (χ2v) is 7.75. The fourth-order valence-electron chi connectivity index (χ4n) is 3.88. The monoisotopic (exact) mass is 441 g/mol. The smallest absolute Gasteiger partial charge is 0.191 e. The summed E-state index contributed by atoms with van der Waals surface area (Å²) in [6, 6.07) is 19.1. The number of benzene rings is 2. The van der Waals surface area contributed by atoms with Crippen LogP contribution in [0.3, 0.4) is 0 Å². The van der Waals surface area contributed by atoms with Crippen molar-refractivity contribution in [3.8, 4) is 11.5 Å². The van der Waals surface area contributed by atoms with Gasteiger partial charge >= 0.3 is 0 Å². The Balaban J connectivity index is 1.30. The van der Waals surface area contributed by atoms with Gasteiger partial charge in [0.15, 0.2) is 17.6 Å². The van der Waals surface area contributed by atoms with Crippen molar-refractivity contribution in [1.29, 1.82) is 0 Å². The number of fused-ring (bicyclic) bond motifs is 1. The Morgan fingerprint density at radius 2 is 1.91 bits per heavy atom. The number of anilines is 1. The van der Waals surface area contributed by atoms with E-state index >= 15 is 0 Å². The fraction of sp³-hybridized carbons (Fsp3) is 0.154. The molecule has 0 fully saturated rings. The molecule has 0 radical (unpaired) electrons. The van der Waals surface area contributed by atoms with Crippen LogP contribution in [0, 0.1) is 0 Å². The van der Waals surface area contributed by atoms with Crippen molar-refractivity contribution in [2.45, 2.75) is 19.1 Å². The Hall–Kier alpha value is -4.10. The third kappa shape index (κ3) is 4.58. The lowest BCUT2D eigenvalue weighted by Gasteiger charge is -2.24. The first-order valence-corrected chi connectivity index (χ1v) is 10.6. The van der Waals surface area contributed by atoms with Crippen LogP contribution in [0.4, 0.5) is 5.82 Å². The van der Waals surface area contributed by atoms with Gasteiger partial charge in [-0.25, -0.2) is 4.98 Å². The molecule has 5 rings (SSSR count). The summed E-state index contributed by atoms with van der Waals surface area (Å²) in [7, 11) is 1.64. The number of para-hydroxylation sites is 1. The van der Waals surface area contributed by atoms with Gasteiger partial charge in [-0.05, 0) is 35.9 Å². The minimum Gasteiger partial charge on any atom is -0.457 e. The first-order valence-electron chi connectivity index (χ1n) is 10.6. The summed E-state index contributed by atoms with van der Waals surface area (Å²) in [5.74, 6) is 2.83. The predicted molar refractivity (Wildman–Crippen MR) is 126 cm³/mol. The molecule has 166 valence electrons. The quantitative estimate of drug-likeness (QED) is 0.425. The van der Waals surface area contributed by atoms with Crippen molar-refractivity contribution in [1.82, 2.24) is 9.97 Å². The van der Waals surface area contributed by atoms with Crippen LogP contribution in [0.15, 0.2) is 82.5 Å². The molecule has 0 saturated carbocycles. The van der Waals surface area contributed by atoms with Crippen LogP contribution in [0.2, 0.25) is 0 Å². The van der Waals surface area contributed by atoms with E-state index in [1.54, 1.807) is 19.4 Å². The maximum atomic E-state index is 12.8. The van der Waals surface area contributed by atoms with E-state index in [1.165, 1.54) is 6.39 Å². The Labute approximate surface area is 190 Å². The zero-order chi connectivity index (χ0) is 22.6. The Morgan fingerprint density at radius 3 is 2.64 bits per heavy atom. The van der Waals surface area contributed by atoms with E-state index in [4.69, 9.17) is 13.9 Å². The maximum Gasteiger partial charge on any atom is 0.191 e. The zero-order valence-electron chi connectivity index (χ0n) is 18.1. The van der Waals surface area contributed by atoms with Gasteiger partial charge in [-0.3, -0.25) is 4.79 Å². The number of ether oxygens (including phenoxy) is 2. The van der Waals surface area contributed by atoms with Gasteiger partial charge in [-0.1, -0.05) is 30.3 Å². The zero-order valence-corrected chi connectivity index (χ0v) is 18.1. The van der Waals surface area contributed by atoms with Crippen LogP contribution in [0.25, 0.3) is 11.6 Å². The van der Waals surface area contributed by atoms with Gasteiger partial charge in [0.2, 0.25) is 0 Å². The first-order chi connectivity index (χ1) is 16.2. The number of rotatable bonds is 7. The molecule has 0 amide bonds. The number of hydrogen-bond acceptors (Lipinski definition) is 6. The van der Waals surface area contributed by atoms with Crippen LogP contribution in [0.1, 0.15) is 22.6 Å². The van der Waals surface area contributed by atoms with Gasteiger partial charge in [0.05, 0.1) is 12.3 Å². The summed E-state index contributed by atoms with van der Waals surface area (Å²) >= 11 is 0. The molecule has 33 heavy (non-hydrogen) atoms. The molecule has 1 aliphatic rings. The third-order valence-corrected chi connectivity index (χ3v) is 5.57. The van der Waals surface area contributed by atoms with Gasteiger partial charge in [0.1, 0.15) is 17.3 Å². The second-order valence-electron chi connectivity index (χ2n) is 7.75. The van der Waals surface area contributed by atoms with Crippen molar-refractivity contribution < 1.29 is 13.9 Å². The van der Waals surface area contributed by atoms with Gasteiger partial charge in [0, 0.05) is 43.0 Å². The molecule has 0 bridgehead atoms. The highest BCUT2D eigenvalue weighted by Crippen LogP contribution is 2.30. The average Bonchev–Trinajstić information content (AvgIpc) is 3.38.